The van der Waals surface area contributed by atoms with E-state index in [9.17, 15) is 13.6 Å². The van der Waals surface area contributed by atoms with Gasteiger partial charge in [0.25, 0.3) is 5.91 Å². The van der Waals surface area contributed by atoms with Crippen LogP contribution in [0.4, 0.5) is 14.5 Å². The molecule has 2 rings (SSSR count). The second kappa shape index (κ2) is 5.55. The Bertz CT molecular complexity index is 467. The van der Waals surface area contributed by atoms with Crippen LogP contribution >= 0.6 is 0 Å². The zero-order valence-corrected chi connectivity index (χ0v) is 11.1. The van der Waals surface area contributed by atoms with E-state index in [2.05, 4.69) is 17.6 Å². The maximum atomic E-state index is 13.6. The van der Waals surface area contributed by atoms with E-state index in [1.807, 2.05) is 0 Å². The Kier molecular flexibility index (Phi) is 4.02. The van der Waals surface area contributed by atoms with Gasteiger partial charge in [-0.1, -0.05) is 6.92 Å². The highest BCUT2D eigenvalue weighted by atomic mass is 19.1. The molecule has 0 aromatic heterocycles. The van der Waals surface area contributed by atoms with Crippen LogP contribution in [0.15, 0.2) is 12.1 Å². The van der Waals surface area contributed by atoms with Crippen LogP contribution in [0.1, 0.15) is 30.6 Å². The first-order chi connectivity index (χ1) is 9.02. The Hall–Kier alpha value is -1.65. The van der Waals surface area contributed by atoms with Crippen LogP contribution in [0.3, 0.4) is 0 Å². The van der Waals surface area contributed by atoms with Gasteiger partial charge >= 0.3 is 0 Å². The van der Waals surface area contributed by atoms with Crippen LogP contribution in [-0.4, -0.2) is 19.0 Å². The third kappa shape index (κ3) is 3.22. The number of hydrogen-bond acceptors (Lipinski definition) is 2. The summed E-state index contributed by atoms with van der Waals surface area (Å²) >= 11 is 0. The van der Waals surface area contributed by atoms with Crippen molar-refractivity contribution in [1.82, 2.24) is 5.32 Å². The maximum Gasteiger partial charge on any atom is 0.251 e. The molecule has 5 heteroatoms. The summed E-state index contributed by atoms with van der Waals surface area (Å²) in [6.07, 6.45) is 1.10. The molecular formula is C14H18F2N2O. The van der Waals surface area contributed by atoms with Gasteiger partial charge in [-0.05, 0) is 37.3 Å². The van der Waals surface area contributed by atoms with Gasteiger partial charge in [-0.15, -0.1) is 0 Å². The molecule has 19 heavy (non-hydrogen) atoms. The normalized spacial score (nSPS) is 21.1. The summed E-state index contributed by atoms with van der Waals surface area (Å²) in [5.41, 5.74) is -0.167. The molecule has 1 aromatic rings. The van der Waals surface area contributed by atoms with Crippen LogP contribution < -0.4 is 10.6 Å². The number of rotatable bonds is 5. The van der Waals surface area contributed by atoms with Gasteiger partial charge in [0.1, 0.15) is 17.3 Å². The molecule has 1 amide bonds. The second-order valence-electron chi connectivity index (χ2n) is 5.03. The Morgan fingerprint density at radius 3 is 2.42 bits per heavy atom. The fourth-order valence-electron chi connectivity index (χ4n) is 2.06. The molecule has 2 atom stereocenters. The summed E-state index contributed by atoms with van der Waals surface area (Å²) in [7, 11) is 0. The van der Waals surface area contributed by atoms with Crippen LogP contribution in [0.2, 0.25) is 0 Å². The molecule has 2 N–H and O–H groups in total. The lowest BCUT2D eigenvalue weighted by atomic mass is 10.1. The molecule has 0 bridgehead atoms. The third-order valence-corrected chi connectivity index (χ3v) is 3.46. The summed E-state index contributed by atoms with van der Waals surface area (Å²) in [4.78, 5) is 11.8. The highest BCUT2D eigenvalue weighted by Gasteiger charge is 2.32. The molecule has 0 aliphatic heterocycles. The lowest BCUT2D eigenvalue weighted by Gasteiger charge is -2.09. The summed E-state index contributed by atoms with van der Waals surface area (Å²) in [6, 6.07) is 2.12. The molecule has 0 saturated heterocycles. The Morgan fingerprint density at radius 1 is 1.37 bits per heavy atom. The summed E-state index contributed by atoms with van der Waals surface area (Å²) in [5.74, 6) is -0.789. The van der Waals surface area contributed by atoms with Crippen LogP contribution in [0.5, 0.6) is 0 Å². The van der Waals surface area contributed by atoms with E-state index in [1.165, 1.54) is 0 Å². The molecule has 0 radical (unpaired) electrons. The number of amides is 1. The highest BCUT2D eigenvalue weighted by molar-refractivity contribution is 5.94. The zero-order valence-electron chi connectivity index (χ0n) is 11.1. The molecular weight excluding hydrogens is 250 g/mol. The van der Waals surface area contributed by atoms with E-state index < -0.39 is 17.5 Å². The number of halogens is 2. The van der Waals surface area contributed by atoms with E-state index in [1.54, 1.807) is 6.92 Å². The largest absolute Gasteiger partial charge is 0.381 e. The molecule has 0 spiro atoms. The zero-order chi connectivity index (χ0) is 14.0. The molecule has 2 unspecified atom stereocenters. The first-order valence-electron chi connectivity index (χ1n) is 6.54. The van der Waals surface area contributed by atoms with Gasteiger partial charge in [0.2, 0.25) is 0 Å². The second-order valence-corrected chi connectivity index (χ2v) is 5.03. The number of nitrogens with one attached hydrogen (secondary N) is 2. The Morgan fingerprint density at radius 2 is 1.95 bits per heavy atom. The topological polar surface area (TPSA) is 41.1 Å². The first-order valence-corrected chi connectivity index (χ1v) is 6.54. The summed E-state index contributed by atoms with van der Waals surface area (Å²) in [5, 5.41) is 5.30. The van der Waals surface area contributed by atoms with E-state index in [4.69, 9.17) is 0 Å². The van der Waals surface area contributed by atoms with Crippen LogP contribution in [-0.2, 0) is 0 Å². The minimum Gasteiger partial charge on any atom is -0.381 e. The Labute approximate surface area is 111 Å². The quantitative estimate of drug-likeness (QED) is 0.862. The number of hydrogen-bond donors (Lipinski definition) is 2. The molecule has 1 aliphatic carbocycles. The SMILES string of the molecule is CCNc1c(F)cc(C(=O)NCC2CC2C)cc1F. The third-order valence-electron chi connectivity index (χ3n) is 3.46. The molecule has 1 aromatic carbocycles. The lowest BCUT2D eigenvalue weighted by Crippen LogP contribution is -2.26. The average molecular weight is 268 g/mol. The molecule has 104 valence electrons. The van der Waals surface area contributed by atoms with E-state index in [0.29, 0.717) is 24.9 Å². The smallest absolute Gasteiger partial charge is 0.251 e. The van der Waals surface area contributed by atoms with Crippen molar-refractivity contribution < 1.29 is 13.6 Å². The van der Waals surface area contributed by atoms with Crippen molar-refractivity contribution in [3.8, 4) is 0 Å². The Balaban J connectivity index is 2.05. The standard InChI is InChI=1S/C14H18F2N2O/c1-3-17-13-11(15)5-9(6-12(13)16)14(19)18-7-10-4-8(10)2/h5-6,8,10,17H,3-4,7H2,1-2H3,(H,18,19). The molecule has 1 aliphatic rings. The number of anilines is 1. The summed E-state index contributed by atoms with van der Waals surface area (Å²) < 4.78 is 27.3. The maximum absolute atomic E-state index is 13.6. The molecule has 1 saturated carbocycles. The van der Waals surface area contributed by atoms with Crippen molar-refractivity contribution in [3.63, 3.8) is 0 Å². The van der Waals surface area contributed by atoms with Gasteiger partial charge in [-0.2, -0.15) is 0 Å². The van der Waals surface area contributed by atoms with Crippen molar-refractivity contribution in [2.45, 2.75) is 20.3 Å². The first kappa shape index (κ1) is 13.8. The lowest BCUT2D eigenvalue weighted by molar-refractivity contribution is 0.0950. The highest BCUT2D eigenvalue weighted by Crippen LogP contribution is 2.36. The van der Waals surface area contributed by atoms with Crippen molar-refractivity contribution in [3.05, 3.63) is 29.3 Å². The van der Waals surface area contributed by atoms with E-state index in [0.717, 1.165) is 18.6 Å². The van der Waals surface area contributed by atoms with Crippen molar-refractivity contribution >= 4 is 11.6 Å². The van der Waals surface area contributed by atoms with Crippen molar-refractivity contribution in [2.24, 2.45) is 11.8 Å². The average Bonchev–Trinajstić information content (AvgIpc) is 3.06. The van der Waals surface area contributed by atoms with Gasteiger partial charge in [0.05, 0.1) is 0 Å². The minimum atomic E-state index is -0.744. The van der Waals surface area contributed by atoms with Gasteiger partial charge in [-0.25, -0.2) is 8.78 Å². The minimum absolute atomic E-state index is 0.0185. The molecule has 3 nitrogen and oxygen atoms in total. The van der Waals surface area contributed by atoms with Crippen LogP contribution in [0, 0.1) is 23.5 Å². The molecule has 1 fully saturated rings. The summed E-state index contributed by atoms with van der Waals surface area (Å²) in [6.45, 7) is 4.84. The van der Waals surface area contributed by atoms with Gasteiger partial charge in [-0.3, -0.25) is 4.79 Å². The number of benzene rings is 1. The van der Waals surface area contributed by atoms with Crippen molar-refractivity contribution in [1.29, 1.82) is 0 Å². The fourth-order valence-corrected chi connectivity index (χ4v) is 2.06. The number of carbonyl (C=O) groups excluding carboxylic acids is 1. The predicted molar refractivity (Wildman–Crippen MR) is 70.1 cm³/mol. The van der Waals surface area contributed by atoms with Crippen LogP contribution in [0.25, 0.3) is 0 Å². The van der Waals surface area contributed by atoms with Gasteiger partial charge in [0, 0.05) is 18.7 Å². The van der Waals surface area contributed by atoms with Crippen molar-refractivity contribution in [2.75, 3.05) is 18.4 Å². The molecule has 0 heterocycles. The van der Waals surface area contributed by atoms with Gasteiger partial charge in [0.15, 0.2) is 0 Å². The monoisotopic (exact) mass is 268 g/mol. The van der Waals surface area contributed by atoms with Gasteiger partial charge < -0.3 is 10.6 Å². The fraction of sp³-hybridized carbons (Fsp3) is 0.500. The van der Waals surface area contributed by atoms with E-state index >= 15 is 0 Å². The predicted octanol–water partition coefficient (Wildman–Crippen LogP) is 2.78. The van der Waals surface area contributed by atoms with E-state index in [-0.39, 0.29) is 11.3 Å². The number of carbonyl (C=O) groups is 1.